The molecule has 1 aliphatic carbocycles. The van der Waals surface area contributed by atoms with Crippen LogP contribution >= 0.6 is 0 Å². The first kappa shape index (κ1) is 10.0. The van der Waals surface area contributed by atoms with Crippen LogP contribution in [0.4, 0.5) is 0 Å². The summed E-state index contributed by atoms with van der Waals surface area (Å²) in [6.45, 7) is 3.24. The molecule has 2 aliphatic rings. The Balaban J connectivity index is 1.98. The molecule has 14 heavy (non-hydrogen) atoms. The zero-order valence-corrected chi connectivity index (χ0v) is 9.25. The van der Waals surface area contributed by atoms with E-state index in [9.17, 15) is 0 Å². The van der Waals surface area contributed by atoms with Gasteiger partial charge in [-0.3, -0.25) is 0 Å². The number of ether oxygens (including phenoxy) is 1. The van der Waals surface area contributed by atoms with Gasteiger partial charge in [0.1, 0.15) is 5.76 Å². The van der Waals surface area contributed by atoms with E-state index in [4.69, 9.17) is 4.74 Å². The maximum absolute atomic E-state index is 5.65. The van der Waals surface area contributed by atoms with E-state index >= 15 is 0 Å². The second kappa shape index (κ2) is 4.35. The van der Waals surface area contributed by atoms with Crippen LogP contribution in [-0.2, 0) is 4.74 Å². The third-order valence-corrected chi connectivity index (χ3v) is 3.56. The molecule has 0 bridgehead atoms. The van der Waals surface area contributed by atoms with Gasteiger partial charge in [-0.15, -0.1) is 0 Å². The standard InChI is InChI=1S/C12H21NO/c1-9-5-6-10(8-9)12(13-2)11-4-3-7-14-11/h4,9-10,12-13H,3,5-8H2,1-2H3. The van der Waals surface area contributed by atoms with E-state index in [0.717, 1.165) is 24.9 Å². The van der Waals surface area contributed by atoms with E-state index in [1.165, 1.54) is 25.0 Å². The molecule has 3 atom stereocenters. The molecule has 0 aromatic heterocycles. The summed E-state index contributed by atoms with van der Waals surface area (Å²) in [7, 11) is 2.05. The monoisotopic (exact) mass is 195 g/mol. The summed E-state index contributed by atoms with van der Waals surface area (Å²) < 4.78 is 5.65. The predicted molar refractivity (Wildman–Crippen MR) is 58.0 cm³/mol. The van der Waals surface area contributed by atoms with Crippen molar-refractivity contribution in [2.24, 2.45) is 11.8 Å². The molecular formula is C12H21NO. The second-order valence-electron chi connectivity index (χ2n) is 4.69. The molecule has 1 heterocycles. The van der Waals surface area contributed by atoms with Crippen LogP contribution in [0.3, 0.4) is 0 Å². The summed E-state index contributed by atoms with van der Waals surface area (Å²) in [4.78, 5) is 0. The highest BCUT2D eigenvalue weighted by Gasteiger charge is 2.31. The smallest absolute Gasteiger partial charge is 0.109 e. The van der Waals surface area contributed by atoms with Crippen LogP contribution in [-0.4, -0.2) is 19.7 Å². The van der Waals surface area contributed by atoms with Gasteiger partial charge in [0.15, 0.2) is 0 Å². The van der Waals surface area contributed by atoms with Gasteiger partial charge in [-0.05, 0) is 37.8 Å². The molecule has 0 amide bonds. The minimum atomic E-state index is 0.474. The van der Waals surface area contributed by atoms with E-state index in [1.807, 2.05) is 0 Å². The molecule has 0 radical (unpaired) electrons. The number of hydrogen-bond acceptors (Lipinski definition) is 2. The zero-order chi connectivity index (χ0) is 9.97. The summed E-state index contributed by atoms with van der Waals surface area (Å²) in [6.07, 6.45) is 7.44. The van der Waals surface area contributed by atoms with Gasteiger partial charge in [-0.2, -0.15) is 0 Å². The number of rotatable bonds is 3. The third kappa shape index (κ3) is 1.95. The van der Waals surface area contributed by atoms with Crippen molar-refractivity contribution in [3.63, 3.8) is 0 Å². The van der Waals surface area contributed by atoms with E-state index in [-0.39, 0.29) is 0 Å². The van der Waals surface area contributed by atoms with Gasteiger partial charge in [0, 0.05) is 6.42 Å². The molecule has 80 valence electrons. The normalized spacial score (nSPS) is 34.0. The minimum Gasteiger partial charge on any atom is -0.496 e. The van der Waals surface area contributed by atoms with Gasteiger partial charge in [-0.1, -0.05) is 13.3 Å². The summed E-state index contributed by atoms with van der Waals surface area (Å²) in [5, 5.41) is 3.41. The van der Waals surface area contributed by atoms with Crippen LogP contribution in [0.1, 0.15) is 32.6 Å². The van der Waals surface area contributed by atoms with E-state index in [0.29, 0.717) is 6.04 Å². The van der Waals surface area contributed by atoms with Gasteiger partial charge >= 0.3 is 0 Å². The number of nitrogens with one attached hydrogen (secondary N) is 1. The summed E-state index contributed by atoms with van der Waals surface area (Å²) in [5.74, 6) is 2.89. The van der Waals surface area contributed by atoms with Gasteiger partial charge < -0.3 is 10.1 Å². The average Bonchev–Trinajstić information content (AvgIpc) is 2.79. The molecule has 0 aromatic carbocycles. The van der Waals surface area contributed by atoms with Crippen molar-refractivity contribution in [1.82, 2.24) is 5.32 Å². The summed E-state index contributed by atoms with van der Waals surface area (Å²) in [5.41, 5.74) is 0. The Labute approximate surface area is 86.7 Å². The van der Waals surface area contributed by atoms with Gasteiger partial charge in [0.2, 0.25) is 0 Å². The molecule has 1 fully saturated rings. The fourth-order valence-corrected chi connectivity index (χ4v) is 2.82. The fraction of sp³-hybridized carbons (Fsp3) is 0.833. The Kier molecular flexibility index (Phi) is 3.12. The van der Waals surface area contributed by atoms with Crippen molar-refractivity contribution >= 4 is 0 Å². The Bertz CT molecular complexity index is 224. The minimum absolute atomic E-state index is 0.474. The molecule has 2 nitrogen and oxygen atoms in total. The fourth-order valence-electron chi connectivity index (χ4n) is 2.82. The molecule has 1 aliphatic heterocycles. The highest BCUT2D eigenvalue weighted by molar-refractivity contribution is 5.09. The lowest BCUT2D eigenvalue weighted by Crippen LogP contribution is -2.34. The van der Waals surface area contributed by atoms with E-state index < -0.39 is 0 Å². The highest BCUT2D eigenvalue weighted by atomic mass is 16.5. The SMILES string of the molecule is CNC(C1=CCCO1)C1CCC(C)C1. The van der Waals surface area contributed by atoms with Crippen molar-refractivity contribution in [2.75, 3.05) is 13.7 Å². The lowest BCUT2D eigenvalue weighted by molar-refractivity contribution is 0.195. The van der Waals surface area contributed by atoms with Crippen LogP contribution in [0, 0.1) is 11.8 Å². The number of likely N-dealkylation sites (N-methyl/N-ethyl adjacent to an activating group) is 1. The van der Waals surface area contributed by atoms with Crippen LogP contribution < -0.4 is 5.32 Å². The van der Waals surface area contributed by atoms with E-state index in [1.54, 1.807) is 0 Å². The molecule has 0 spiro atoms. The topological polar surface area (TPSA) is 21.3 Å². The predicted octanol–water partition coefficient (Wildman–Crippen LogP) is 2.31. The lowest BCUT2D eigenvalue weighted by Gasteiger charge is -2.23. The maximum Gasteiger partial charge on any atom is 0.109 e. The van der Waals surface area contributed by atoms with Crippen LogP contribution in [0.25, 0.3) is 0 Å². The molecule has 1 N–H and O–H groups in total. The largest absolute Gasteiger partial charge is 0.496 e. The average molecular weight is 195 g/mol. The summed E-state index contributed by atoms with van der Waals surface area (Å²) in [6, 6.07) is 0.474. The van der Waals surface area contributed by atoms with E-state index in [2.05, 4.69) is 25.4 Å². The molecule has 1 saturated carbocycles. The second-order valence-corrected chi connectivity index (χ2v) is 4.69. The third-order valence-electron chi connectivity index (χ3n) is 3.56. The molecular weight excluding hydrogens is 174 g/mol. The lowest BCUT2D eigenvalue weighted by atomic mass is 9.95. The Morgan fingerprint density at radius 2 is 2.36 bits per heavy atom. The van der Waals surface area contributed by atoms with Gasteiger partial charge in [0.05, 0.1) is 12.6 Å². The summed E-state index contributed by atoms with van der Waals surface area (Å²) >= 11 is 0. The number of hydrogen-bond donors (Lipinski definition) is 1. The first-order valence-electron chi connectivity index (χ1n) is 5.81. The molecule has 0 aromatic rings. The van der Waals surface area contributed by atoms with Crippen molar-refractivity contribution in [2.45, 2.75) is 38.6 Å². The van der Waals surface area contributed by atoms with Crippen LogP contribution in [0.15, 0.2) is 11.8 Å². The maximum atomic E-state index is 5.65. The van der Waals surface area contributed by atoms with Crippen molar-refractivity contribution in [1.29, 1.82) is 0 Å². The van der Waals surface area contributed by atoms with Crippen molar-refractivity contribution < 1.29 is 4.74 Å². The Morgan fingerprint density at radius 1 is 1.50 bits per heavy atom. The quantitative estimate of drug-likeness (QED) is 0.746. The van der Waals surface area contributed by atoms with Crippen LogP contribution in [0.2, 0.25) is 0 Å². The highest BCUT2D eigenvalue weighted by Crippen LogP contribution is 2.35. The molecule has 0 saturated heterocycles. The van der Waals surface area contributed by atoms with Crippen LogP contribution in [0.5, 0.6) is 0 Å². The van der Waals surface area contributed by atoms with Gasteiger partial charge in [0.25, 0.3) is 0 Å². The zero-order valence-electron chi connectivity index (χ0n) is 9.25. The first-order chi connectivity index (χ1) is 6.81. The van der Waals surface area contributed by atoms with Crippen molar-refractivity contribution in [3.05, 3.63) is 11.8 Å². The molecule has 3 unspecified atom stereocenters. The first-order valence-corrected chi connectivity index (χ1v) is 5.81. The van der Waals surface area contributed by atoms with Crippen molar-refractivity contribution in [3.8, 4) is 0 Å². The Hall–Kier alpha value is -0.500. The molecule has 2 heteroatoms. The molecule has 2 rings (SSSR count). The van der Waals surface area contributed by atoms with Gasteiger partial charge in [-0.25, -0.2) is 0 Å². The Morgan fingerprint density at radius 3 is 2.86 bits per heavy atom.